The fraction of sp³-hybridized carbons (Fsp3) is 0.0800. The van der Waals surface area contributed by atoms with E-state index in [1.165, 1.54) is 0 Å². The molecule has 4 aromatic rings. The lowest BCUT2D eigenvalue weighted by atomic mass is 9.97. The second-order valence-electron chi connectivity index (χ2n) is 7.15. The number of anilines is 1. The maximum Gasteiger partial charge on any atom is 0.329 e. The fourth-order valence-corrected chi connectivity index (χ4v) is 3.58. The van der Waals surface area contributed by atoms with Gasteiger partial charge in [-0.2, -0.15) is 5.10 Å². The number of nitrogens with zero attached hydrogens (tertiary/aromatic N) is 1. The molecule has 0 saturated carbocycles. The van der Waals surface area contributed by atoms with Crippen molar-refractivity contribution in [3.05, 3.63) is 89.5 Å². The second kappa shape index (κ2) is 8.17. The molecule has 5 heteroatoms. The van der Waals surface area contributed by atoms with Crippen LogP contribution >= 0.6 is 0 Å². The van der Waals surface area contributed by atoms with Gasteiger partial charge in [-0.15, -0.1) is 0 Å². The summed E-state index contributed by atoms with van der Waals surface area (Å²) in [4.78, 5) is 24.5. The smallest absolute Gasteiger partial charge is 0.317 e. The van der Waals surface area contributed by atoms with Gasteiger partial charge < -0.3 is 5.32 Å². The van der Waals surface area contributed by atoms with Gasteiger partial charge in [-0.1, -0.05) is 66.7 Å². The summed E-state index contributed by atoms with van der Waals surface area (Å²) in [6, 6.07) is 23.8. The highest BCUT2D eigenvalue weighted by atomic mass is 16.2. The number of benzene rings is 4. The minimum absolute atomic E-state index is 0.640. The van der Waals surface area contributed by atoms with E-state index in [0.717, 1.165) is 38.2 Å². The Kier molecular flexibility index (Phi) is 5.26. The van der Waals surface area contributed by atoms with Gasteiger partial charge in [0.1, 0.15) is 0 Å². The average Bonchev–Trinajstić information content (AvgIpc) is 2.75. The van der Waals surface area contributed by atoms with Crippen LogP contribution in [0.2, 0.25) is 0 Å². The summed E-state index contributed by atoms with van der Waals surface area (Å²) < 4.78 is 0. The molecule has 0 bridgehead atoms. The largest absolute Gasteiger partial charge is 0.329 e. The molecular formula is C25H21N3O2. The van der Waals surface area contributed by atoms with Gasteiger partial charge in [-0.3, -0.25) is 9.59 Å². The molecule has 2 amide bonds. The predicted molar refractivity (Wildman–Crippen MR) is 122 cm³/mol. The summed E-state index contributed by atoms with van der Waals surface area (Å²) in [5, 5.41) is 10.9. The third kappa shape index (κ3) is 3.78. The van der Waals surface area contributed by atoms with Crippen molar-refractivity contribution in [1.82, 2.24) is 5.43 Å². The first-order valence-corrected chi connectivity index (χ1v) is 9.65. The highest BCUT2D eigenvalue weighted by Gasteiger charge is 2.15. The first-order valence-electron chi connectivity index (χ1n) is 9.65. The Bertz CT molecular complexity index is 1230. The molecule has 0 aliphatic rings. The van der Waals surface area contributed by atoms with E-state index >= 15 is 0 Å². The number of para-hydroxylation sites is 1. The molecule has 0 aliphatic carbocycles. The molecule has 5 nitrogen and oxygen atoms in total. The predicted octanol–water partition coefficient (Wildman–Crippen LogP) is 4.70. The van der Waals surface area contributed by atoms with Gasteiger partial charge in [-0.05, 0) is 52.6 Å². The lowest BCUT2D eigenvalue weighted by Gasteiger charge is -2.10. The zero-order valence-corrected chi connectivity index (χ0v) is 16.8. The van der Waals surface area contributed by atoms with Crippen molar-refractivity contribution in [1.29, 1.82) is 0 Å². The van der Waals surface area contributed by atoms with Crippen LogP contribution in [-0.2, 0) is 9.59 Å². The van der Waals surface area contributed by atoms with Crippen molar-refractivity contribution < 1.29 is 9.59 Å². The number of aryl methyl sites for hydroxylation is 2. The van der Waals surface area contributed by atoms with Crippen molar-refractivity contribution in [2.24, 2.45) is 5.10 Å². The van der Waals surface area contributed by atoms with Crippen LogP contribution in [0.25, 0.3) is 21.5 Å². The van der Waals surface area contributed by atoms with E-state index < -0.39 is 11.8 Å². The standard InChI is InChI=1S/C25H21N3O2/c1-16-8-7-9-17(2)23(16)27-24(29)25(30)28-26-15-22-20-12-5-3-10-18(20)14-19-11-4-6-13-21(19)22/h3-15H,1-2H3,(H,27,29)(H,28,30). The quantitative estimate of drug-likeness (QED) is 0.228. The van der Waals surface area contributed by atoms with Crippen LogP contribution in [-0.4, -0.2) is 18.0 Å². The fourth-order valence-electron chi connectivity index (χ4n) is 3.58. The first kappa shape index (κ1) is 19.3. The molecule has 0 aliphatic heterocycles. The van der Waals surface area contributed by atoms with Crippen LogP contribution in [0, 0.1) is 13.8 Å². The lowest BCUT2D eigenvalue weighted by molar-refractivity contribution is -0.136. The summed E-state index contributed by atoms with van der Waals surface area (Å²) in [7, 11) is 0. The van der Waals surface area contributed by atoms with Crippen LogP contribution in [0.3, 0.4) is 0 Å². The molecule has 2 N–H and O–H groups in total. The molecule has 0 spiro atoms. The monoisotopic (exact) mass is 395 g/mol. The van der Waals surface area contributed by atoms with Crippen LogP contribution in [0.15, 0.2) is 77.9 Å². The Hall–Kier alpha value is -3.99. The Morgan fingerprint density at radius 1 is 0.767 bits per heavy atom. The molecule has 0 atom stereocenters. The number of hydrogen-bond donors (Lipinski definition) is 2. The van der Waals surface area contributed by atoms with E-state index in [9.17, 15) is 9.59 Å². The van der Waals surface area contributed by atoms with Gasteiger partial charge in [0, 0.05) is 11.3 Å². The summed E-state index contributed by atoms with van der Waals surface area (Å²) in [6.07, 6.45) is 1.59. The number of hydrogen-bond acceptors (Lipinski definition) is 3. The molecule has 0 radical (unpaired) electrons. The van der Waals surface area contributed by atoms with E-state index in [1.807, 2.05) is 80.6 Å². The van der Waals surface area contributed by atoms with Crippen LogP contribution in [0.4, 0.5) is 5.69 Å². The minimum Gasteiger partial charge on any atom is -0.317 e. The van der Waals surface area contributed by atoms with E-state index in [0.29, 0.717) is 5.69 Å². The first-order chi connectivity index (χ1) is 14.5. The summed E-state index contributed by atoms with van der Waals surface area (Å²) >= 11 is 0. The number of carbonyl (C=O) groups is 2. The van der Waals surface area contributed by atoms with Crippen LogP contribution in [0.1, 0.15) is 16.7 Å². The number of hydrazone groups is 1. The zero-order chi connectivity index (χ0) is 21.1. The number of fused-ring (bicyclic) bond motifs is 2. The van der Waals surface area contributed by atoms with Crippen molar-refractivity contribution in [3.63, 3.8) is 0 Å². The van der Waals surface area contributed by atoms with Crippen LogP contribution < -0.4 is 10.7 Å². The highest BCUT2D eigenvalue weighted by molar-refractivity contribution is 6.39. The Balaban J connectivity index is 1.57. The maximum atomic E-state index is 12.3. The molecule has 30 heavy (non-hydrogen) atoms. The normalized spacial score (nSPS) is 11.1. The van der Waals surface area contributed by atoms with Gasteiger partial charge in [-0.25, -0.2) is 5.43 Å². The highest BCUT2D eigenvalue weighted by Crippen LogP contribution is 2.27. The van der Waals surface area contributed by atoms with Crippen molar-refractivity contribution in [3.8, 4) is 0 Å². The zero-order valence-electron chi connectivity index (χ0n) is 16.8. The van der Waals surface area contributed by atoms with E-state index in [1.54, 1.807) is 6.21 Å². The van der Waals surface area contributed by atoms with Crippen molar-refractivity contribution in [2.45, 2.75) is 13.8 Å². The number of nitrogens with one attached hydrogen (secondary N) is 2. The number of rotatable bonds is 3. The summed E-state index contributed by atoms with van der Waals surface area (Å²) in [5.74, 6) is -1.58. The molecule has 4 aromatic carbocycles. The van der Waals surface area contributed by atoms with E-state index in [2.05, 4.69) is 21.9 Å². The third-order valence-corrected chi connectivity index (χ3v) is 5.10. The molecule has 0 unspecified atom stereocenters. The van der Waals surface area contributed by atoms with Crippen LogP contribution in [0.5, 0.6) is 0 Å². The Morgan fingerprint density at radius 2 is 1.33 bits per heavy atom. The van der Waals surface area contributed by atoms with Crippen molar-refractivity contribution in [2.75, 3.05) is 5.32 Å². The second-order valence-corrected chi connectivity index (χ2v) is 7.15. The number of amides is 2. The summed E-state index contributed by atoms with van der Waals surface area (Å²) in [6.45, 7) is 3.76. The molecule has 148 valence electrons. The molecule has 0 heterocycles. The SMILES string of the molecule is Cc1cccc(C)c1NC(=O)C(=O)NN=Cc1c2ccccc2cc2ccccc12. The summed E-state index contributed by atoms with van der Waals surface area (Å²) in [5.41, 5.74) is 5.65. The lowest BCUT2D eigenvalue weighted by Crippen LogP contribution is -2.32. The topological polar surface area (TPSA) is 70.6 Å². The molecule has 0 fully saturated rings. The minimum atomic E-state index is -0.821. The Labute approximate surface area is 174 Å². The van der Waals surface area contributed by atoms with Gasteiger partial charge in [0.15, 0.2) is 0 Å². The number of carbonyl (C=O) groups excluding carboxylic acids is 2. The Morgan fingerprint density at radius 3 is 1.93 bits per heavy atom. The van der Waals surface area contributed by atoms with Gasteiger partial charge >= 0.3 is 11.8 Å². The molecule has 0 saturated heterocycles. The molecular weight excluding hydrogens is 374 g/mol. The average molecular weight is 395 g/mol. The van der Waals surface area contributed by atoms with E-state index in [-0.39, 0.29) is 0 Å². The van der Waals surface area contributed by atoms with E-state index in [4.69, 9.17) is 0 Å². The van der Waals surface area contributed by atoms with Gasteiger partial charge in [0.05, 0.1) is 6.21 Å². The molecule has 0 aromatic heterocycles. The van der Waals surface area contributed by atoms with Crippen molar-refractivity contribution >= 4 is 45.3 Å². The third-order valence-electron chi connectivity index (χ3n) is 5.10. The van der Waals surface area contributed by atoms with Gasteiger partial charge in [0.25, 0.3) is 0 Å². The van der Waals surface area contributed by atoms with Gasteiger partial charge in [0.2, 0.25) is 0 Å². The maximum absolute atomic E-state index is 12.3. The molecule has 4 rings (SSSR count).